The third-order valence-electron chi connectivity index (χ3n) is 4.96. The van der Waals surface area contributed by atoms with E-state index in [-0.39, 0.29) is 5.75 Å². The fraction of sp³-hybridized carbons (Fsp3) is 0.125. The Hall–Kier alpha value is -4.34. The molecule has 2 aromatic heterocycles. The number of nitrogens with zero attached hydrogens (tertiary/aromatic N) is 3. The number of amides is 2. The number of benzene rings is 2. The molecule has 0 aliphatic rings. The molecule has 0 radical (unpaired) electrons. The zero-order valence-electron chi connectivity index (χ0n) is 18.2. The number of fused-ring (bicyclic) bond motifs is 1. The van der Waals surface area contributed by atoms with Crippen LogP contribution < -0.4 is 15.5 Å². The van der Waals surface area contributed by atoms with Crippen molar-refractivity contribution in [2.24, 2.45) is 5.10 Å². The molecule has 10 heteroatoms. The van der Waals surface area contributed by atoms with Crippen LogP contribution >= 0.6 is 0 Å². The fourth-order valence-electron chi connectivity index (χ4n) is 3.37. The molecule has 0 saturated heterocycles. The van der Waals surface area contributed by atoms with Crippen molar-refractivity contribution in [1.82, 2.24) is 14.8 Å². The zero-order valence-corrected chi connectivity index (χ0v) is 18.2. The predicted molar refractivity (Wildman–Crippen MR) is 123 cm³/mol. The fourth-order valence-corrected chi connectivity index (χ4v) is 3.37. The number of hydrogen-bond acceptors (Lipinski definition) is 4. The minimum Gasteiger partial charge on any atom is -0.406 e. The molecule has 0 aliphatic carbocycles. The molecular formula is C24H20F3N5O2. The Morgan fingerprint density at radius 3 is 2.41 bits per heavy atom. The summed E-state index contributed by atoms with van der Waals surface area (Å²) in [5, 5.41) is 6.76. The van der Waals surface area contributed by atoms with E-state index in [9.17, 15) is 18.0 Å². The predicted octanol–water partition coefficient (Wildman–Crippen LogP) is 5.67. The van der Waals surface area contributed by atoms with Crippen LogP contribution in [-0.2, 0) is 0 Å². The lowest BCUT2D eigenvalue weighted by Crippen LogP contribution is -2.25. The number of halogens is 3. The lowest BCUT2D eigenvalue weighted by Gasteiger charge is -2.10. The van der Waals surface area contributed by atoms with E-state index in [2.05, 4.69) is 25.6 Å². The summed E-state index contributed by atoms with van der Waals surface area (Å²) in [6, 6.07) is 14.3. The Kier molecular flexibility index (Phi) is 6.22. The Labute approximate surface area is 192 Å². The number of pyridine rings is 1. The van der Waals surface area contributed by atoms with Gasteiger partial charge in [0.2, 0.25) is 0 Å². The minimum atomic E-state index is -4.74. The minimum absolute atomic E-state index is 0.298. The van der Waals surface area contributed by atoms with Crippen LogP contribution in [0, 0.1) is 13.8 Å². The first-order valence-corrected chi connectivity index (χ1v) is 10.2. The summed E-state index contributed by atoms with van der Waals surface area (Å²) in [4.78, 5) is 16.6. The molecule has 0 aliphatic heterocycles. The molecular weight excluding hydrogens is 447 g/mol. The second-order valence-electron chi connectivity index (χ2n) is 7.52. The molecule has 4 aromatic rings. The molecule has 2 N–H and O–H groups in total. The number of rotatable bonds is 5. The number of imidazole rings is 1. The van der Waals surface area contributed by atoms with Gasteiger partial charge in [-0.2, -0.15) is 5.10 Å². The van der Waals surface area contributed by atoms with Crippen LogP contribution in [0.25, 0.3) is 16.9 Å². The highest BCUT2D eigenvalue weighted by molar-refractivity contribution is 5.91. The topological polar surface area (TPSA) is 80.0 Å². The summed E-state index contributed by atoms with van der Waals surface area (Å²) >= 11 is 0. The zero-order chi connectivity index (χ0) is 24.3. The molecule has 0 atom stereocenters. The molecule has 0 saturated carbocycles. The quantitative estimate of drug-likeness (QED) is 0.293. The highest BCUT2D eigenvalue weighted by Gasteiger charge is 2.31. The number of anilines is 1. The SMILES string of the molecule is Cc1cccc(C)c1NC(=O)NN=Cc1ccc2nc(-c3ccc(OC(F)(F)F)cc3)cn2c1. The van der Waals surface area contributed by atoms with Crippen molar-refractivity contribution in [3.8, 4) is 17.0 Å². The average molecular weight is 467 g/mol. The Morgan fingerprint density at radius 1 is 1.03 bits per heavy atom. The number of hydrazone groups is 1. The Morgan fingerprint density at radius 2 is 1.74 bits per heavy atom. The van der Waals surface area contributed by atoms with Crippen molar-refractivity contribution in [2.45, 2.75) is 20.2 Å². The van der Waals surface area contributed by atoms with Gasteiger partial charge >= 0.3 is 12.4 Å². The first-order chi connectivity index (χ1) is 16.2. The van der Waals surface area contributed by atoms with Crippen molar-refractivity contribution in [3.63, 3.8) is 0 Å². The lowest BCUT2D eigenvalue weighted by atomic mass is 10.1. The van der Waals surface area contributed by atoms with E-state index < -0.39 is 12.4 Å². The third kappa shape index (κ3) is 5.52. The van der Waals surface area contributed by atoms with Gasteiger partial charge in [-0.05, 0) is 61.4 Å². The van der Waals surface area contributed by atoms with Gasteiger partial charge in [-0.25, -0.2) is 15.2 Å². The van der Waals surface area contributed by atoms with E-state index in [0.717, 1.165) is 16.8 Å². The lowest BCUT2D eigenvalue weighted by molar-refractivity contribution is -0.274. The van der Waals surface area contributed by atoms with Crippen molar-refractivity contribution in [2.75, 3.05) is 5.32 Å². The first kappa shape index (κ1) is 22.8. The summed E-state index contributed by atoms with van der Waals surface area (Å²) in [6.07, 6.45) is 0.263. The molecule has 4 rings (SSSR count). The maximum absolute atomic E-state index is 12.3. The normalized spacial score (nSPS) is 11.7. The monoisotopic (exact) mass is 467 g/mol. The number of para-hydroxylation sites is 1. The van der Waals surface area contributed by atoms with Gasteiger partial charge < -0.3 is 14.5 Å². The maximum atomic E-state index is 12.3. The van der Waals surface area contributed by atoms with Crippen LogP contribution in [-0.4, -0.2) is 28.0 Å². The van der Waals surface area contributed by atoms with E-state index in [1.165, 1.54) is 30.5 Å². The molecule has 0 fully saturated rings. The Bertz CT molecular complexity index is 1340. The number of aryl methyl sites for hydroxylation is 2. The van der Waals surface area contributed by atoms with Gasteiger partial charge in [0.25, 0.3) is 0 Å². The molecule has 0 bridgehead atoms. The van der Waals surface area contributed by atoms with E-state index in [0.29, 0.717) is 22.5 Å². The number of nitrogens with one attached hydrogen (secondary N) is 2. The van der Waals surface area contributed by atoms with Crippen molar-refractivity contribution in [1.29, 1.82) is 0 Å². The molecule has 7 nitrogen and oxygen atoms in total. The number of urea groups is 1. The van der Waals surface area contributed by atoms with Gasteiger partial charge in [0.15, 0.2) is 0 Å². The highest BCUT2D eigenvalue weighted by atomic mass is 19.4. The van der Waals surface area contributed by atoms with Gasteiger partial charge in [0.05, 0.1) is 11.9 Å². The van der Waals surface area contributed by atoms with Crippen LogP contribution in [0.15, 0.2) is 72.1 Å². The molecule has 2 aromatic carbocycles. The second-order valence-corrected chi connectivity index (χ2v) is 7.52. The smallest absolute Gasteiger partial charge is 0.406 e. The third-order valence-corrected chi connectivity index (χ3v) is 4.96. The number of aromatic nitrogens is 2. The summed E-state index contributed by atoms with van der Waals surface area (Å²) in [5.74, 6) is -0.298. The molecule has 174 valence electrons. The van der Waals surface area contributed by atoms with Crippen LogP contribution in [0.4, 0.5) is 23.7 Å². The number of carbonyl (C=O) groups is 1. The summed E-state index contributed by atoms with van der Waals surface area (Å²) in [5.41, 5.74) is 7.64. The second kappa shape index (κ2) is 9.26. The van der Waals surface area contributed by atoms with Gasteiger partial charge in [-0.1, -0.05) is 18.2 Å². The molecule has 34 heavy (non-hydrogen) atoms. The summed E-state index contributed by atoms with van der Waals surface area (Å²) in [6.45, 7) is 3.82. The van der Waals surface area contributed by atoms with E-state index in [1.807, 2.05) is 32.0 Å². The van der Waals surface area contributed by atoms with Crippen molar-refractivity contribution < 1.29 is 22.7 Å². The first-order valence-electron chi connectivity index (χ1n) is 10.2. The van der Waals surface area contributed by atoms with E-state index in [1.54, 1.807) is 28.9 Å². The van der Waals surface area contributed by atoms with Gasteiger partial charge in [-0.3, -0.25) is 0 Å². The van der Waals surface area contributed by atoms with Crippen molar-refractivity contribution >= 4 is 23.6 Å². The number of alkyl halides is 3. The number of hydrogen-bond donors (Lipinski definition) is 2. The van der Waals surface area contributed by atoms with Crippen LogP contribution in [0.5, 0.6) is 5.75 Å². The Balaban J connectivity index is 1.43. The number of carbonyl (C=O) groups excluding carboxylic acids is 1. The highest BCUT2D eigenvalue weighted by Crippen LogP contribution is 2.26. The van der Waals surface area contributed by atoms with E-state index >= 15 is 0 Å². The summed E-state index contributed by atoms with van der Waals surface area (Å²) < 4.78 is 42.6. The van der Waals surface area contributed by atoms with Gasteiger partial charge in [-0.15, -0.1) is 13.2 Å². The average Bonchev–Trinajstić information content (AvgIpc) is 3.19. The van der Waals surface area contributed by atoms with E-state index in [4.69, 9.17) is 0 Å². The molecule has 0 spiro atoms. The molecule has 2 heterocycles. The van der Waals surface area contributed by atoms with Crippen LogP contribution in [0.3, 0.4) is 0 Å². The van der Waals surface area contributed by atoms with Gasteiger partial charge in [0, 0.05) is 29.2 Å². The van der Waals surface area contributed by atoms with Gasteiger partial charge in [0.1, 0.15) is 11.4 Å². The maximum Gasteiger partial charge on any atom is 0.573 e. The molecule has 0 unspecified atom stereocenters. The number of ether oxygens (including phenoxy) is 1. The molecule has 2 amide bonds. The van der Waals surface area contributed by atoms with Crippen LogP contribution in [0.2, 0.25) is 0 Å². The van der Waals surface area contributed by atoms with Crippen LogP contribution in [0.1, 0.15) is 16.7 Å². The largest absolute Gasteiger partial charge is 0.573 e. The standard InChI is InChI=1S/C24H20F3N5O2/c1-15-4-3-5-16(2)22(15)30-23(33)31-28-12-17-6-11-21-29-20(14-32(21)13-17)18-7-9-19(10-8-18)34-24(25,26)27/h3-14H,1-2H3,(H2,30,31,33). The summed E-state index contributed by atoms with van der Waals surface area (Å²) in [7, 11) is 0. The van der Waals surface area contributed by atoms with Crippen molar-refractivity contribution in [3.05, 3.63) is 83.7 Å².